The van der Waals surface area contributed by atoms with Gasteiger partial charge in [-0.05, 0) is 26.4 Å². The van der Waals surface area contributed by atoms with Gasteiger partial charge in [-0.1, -0.05) is 13.8 Å². The average Bonchev–Trinajstić information content (AvgIpc) is 1.91. The predicted molar refractivity (Wildman–Crippen MR) is 48.2 cm³/mol. The number of piperidine rings is 1. The molecule has 2 nitrogen and oxygen atoms in total. The Hall–Kier alpha value is -0.0800. The van der Waals surface area contributed by atoms with E-state index in [0.717, 1.165) is 6.54 Å². The van der Waals surface area contributed by atoms with E-state index in [9.17, 15) is 0 Å². The molecule has 0 aromatic rings. The van der Waals surface area contributed by atoms with Crippen molar-refractivity contribution in [2.24, 2.45) is 5.73 Å². The number of hydrogen-bond acceptors (Lipinski definition) is 2. The number of rotatable bonds is 0. The van der Waals surface area contributed by atoms with Crippen LogP contribution in [0.4, 0.5) is 0 Å². The van der Waals surface area contributed by atoms with Crippen LogP contribution in [0.3, 0.4) is 0 Å². The summed E-state index contributed by atoms with van der Waals surface area (Å²) in [4.78, 5) is 2.29. The third-order valence-corrected chi connectivity index (χ3v) is 1.66. The summed E-state index contributed by atoms with van der Waals surface area (Å²) >= 11 is 0. The molecule has 64 valence electrons. The number of nitrogens with two attached hydrogens (primary N) is 1. The van der Waals surface area contributed by atoms with Crippen molar-refractivity contribution in [3.05, 3.63) is 0 Å². The molecule has 1 aliphatic heterocycles. The lowest BCUT2D eigenvalue weighted by atomic mass is 10.1. The van der Waals surface area contributed by atoms with Crippen LogP contribution >= 0.6 is 0 Å². The molecule has 1 fully saturated rings. The lowest BCUT2D eigenvalue weighted by molar-refractivity contribution is 0.252. The van der Waals surface area contributed by atoms with Gasteiger partial charge in [-0.2, -0.15) is 0 Å². The number of hydrogen-bond donors (Lipinski definition) is 1. The molecule has 2 heteroatoms. The summed E-state index contributed by atoms with van der Waals surface area (Å²) in [7, 11) is 2.12. The third kappa shape index (κ3) is 3.85. The van der Waals surface area contributed by atoms with Crippen LogP contribution in [0.25, 0.3) is 0 Å². The third-order valence-electron chi connectivity index (χ3n) is 1.66. The van der Waals surface area contributed by atoms with Gasteiger partial charge in [0, 0.05) is 14.0 Å². The summed E-state index contributed by atoms with van der Waals surface area (Å²) in [6.07, 6.45) is 2.49. The molecule has 0 amide bonds. The first-order valence-corrected chi connectivity index (χ1v) is 4.23. The first-order valence-electron chi connectivity index (χ1n) is 4.23. The van der Waals surface area contributed by atoms with Gasteiger partial charge in [-0.25, -0.2) is 0 Å². The molecule has 1 aliphatic rings. The number of likely N-dealkylation sites (tertiary alicyclic amines) is 1. The largest absolute Gasteiger partial charge is 0.327 e. The molecule has 2 N–H and O–H groups in total. The van der Waals surface area contributed by atoms with Gasteiger partial charge < -0.3 is 10.6 Å². The van der Waals surface area contributed by atoms with Gasteiger partial charge in [0.1, 0.15) is 0 Å². The molecule has 0 aliphatic carbocycles. The fourth-order valence-corrected chi connectivity index (χ4v) is 1.21. The monoisotopic (exact) mass is 146 g/mol. The molecular formula is C8H22N2. The fourth-order valence-electron chi connectivity index (χ4n) is 1.21. The Balaban J connectivity index is 0. The highest BCUT2D eigenvalue weighted by molar-refractivity contribution is 4.71. The molecule has 0 radical (unpaired) electrons. The number of nitrogens with zero attached hydrogens (tertiary/aromatic N) is 1. The Kier molecular flexibility index (Phi) is 5.64. The molecule has 0 spiro atoms. The fraction of sp³-hybridized carbons (Fsp3) is 1.00. The van der Waals surface area contributed by atoms with Crippen LogP contribution in [0.2, 0.25) is 0 Å². The summed E-state index contributed by atoms with van der Waals surface area (Å²) in [5, 5.41) is 0. The van der Waals surface area contributed by atoms with Gasteiger partial charge in [-0.15, -0.1) is 0 Å². The number of likely N-dealkylation sites (N-methyl/N-ethyl adjacent to an activating group) is 1. The highest BCUT2D eigenvalue weighted by Crippen LogP contribution is 2.04. The van der Waals surface area contributed by atoms with E-state index < -0.39 is 0 Å². The molecule has 1 heterocycles. The van der Waals surface area contributed by atoms with E-state index in [1.807, 2.05) is 13.8 Å². The maximum absolute atomic E-state index is 5.68. The normalized spacial score (nSPS) is 27.0. The van der Waals surface area contributed by atoms with Gasteiger partial charge in [0.25, 0.3) is 0 Å². The molecule has 1 rings (SSSR count). The quantitative estimate of drug-likeness (QED) is 0.558. The Bertz CT molecular complexity index is 70.5. The van der Waals surface area contributed by atoms with Crippen molar-refractivity contribution in [1.29, 1.82) is 0 Å². The van der Waals surface area contributed by atoms with Gasteiger partial charge in [0.15, 0.2) is 0 Å². The molecule has 1 saturated heterocycles. The van der Waals surface area contributed by atoms with Crippen LogP contribution in [-0.4, -0.2) is 31.1 Å². The van der Waals surface area contributed by atoms with Crippen molar-refractivity contribution in [2.75, 3.05) is 20.1 Å². The molecule has 0 saturated carbocycles. The first-order chi connectivity index (χ1) is 4.79. The minimum Gasteiger partial charge on any atom is -0.327 e. The lowest BCUT2D eigenvalue weighted by Crippen LogP contribution is -2.40. The van der Waals surface area contributed by atoms with Crippen molar-refractivity contribution < 1.29 is 1.43 Å². The van der Waals surface area contributed by atoms with E-state index in [-0.39, 0.29) is 1.43 Å². The zero-order valence-electron chi connectivity index (χ0n) is 7.43. The molecule has 10 heavy (non-hydrogen) atoms. The standard InChI is InChI=1S/C6H14N2.C2H6.H2/c1-8-4-2-3-6(7)5-8;1-2;/h6H,2-5,7H2,1H3;1-2H3;1H. The van der Waals surface area contributed by atoms with Crippen molar-refractivity contribution >= 4 is 0 Å². The van der Waals surface area contributed by atoms with Crippen molar-refractivity contribution in [3.63, 3.8) is 0 Å². The minimum absolute atomic E-state index is 0. The Morgan fingerprint density at radius 1 is 1.50 bits per heavy atom. The van der Waals surface area contributed by atoms with Crippen LogP contribution in [-0.2, 0) is 0 Å². The van der Waals surface area contributed by atoms with E-state index >= 15 is 0 Å². The minimum atomic E-state index is 0. The van der Waals surface area contributed by atoms with Crippen LogP contribution < -0.4 is 5.73 Å². The highest BCUT2D eigenvalue weighted by atomic mass is 15.1. The molecule has 0 aromatic heterocycles. The van der Waals surface area contributed by atoms with E-state index in [0.29, 0.717) is 6.04 Å². The van der Waals surface area contributed by atoms with E-state index in [2.05, 4.69) is 11.9 Å². The summed E-state index contributed by atoms with van der Waals surface area (Å²) in [6.45, 7) is 6.31. The Morgan fingerprint density at radius 3 is 2.40 bits per heavy atom. The van der Waals surface area contributed by atoms with Crippen molar-refractivity contribution in [2.45, 2.75) is 32.7 Å². The molecule has 1 atom stereocenters. The second-order valence-electron chi connectivity index (χ2n) is 2.66. The zero-order valence-corrected chi connectivity index (χ0v) is 7.43. The first kappa shape index (κ1) is 9.92. The predicted octanol–water partition coefficient (Wildman–Crippen LogP) is 1.31. The van der Waals surface area contributed by atoms with Crippen LogP contribution in [0.5, 0.6) is 0 Å². The SMILES string of the molecule is CC.CN1CCCC(N)C1.[HH]. The second-order valence-corrected chi connectivity index (χ2v) is 2.66. The Morgan fingerprint density at radius 2 is 2.10 bits per heavy atom. The average molecular weight is 146 g/mol. The zero-order chi connectivity index (χ0) is 7.98. The second kappa shape index (κ2) is 5.69. The van der Waals surface area contributed by atoms with E-state index in [1.165, 1.54) is 19.4 Å². The topological polar surface area (TPSA) is 29.3 Å². The highest BCUT2D eigenvalue weighted by Gasteiger charge is 2.11. The Labute approximate surface area is 65.9 Å². The summed E-state index contributed by atoms with van der Waals surface area (Å²) < 4.78 is 0. The molecular weight excluding hydrogens is 124 g/mol. The van der Waals surface area contributed by atoms with Gasteiger partial charge in [0.2, 0.25) is 0 Å². The maximum Gasteiger partial charge on any atom is 0.0168 e. The van der Waals surface area contributed by atoms with Crippen molar-refractivity contribution in [1.82, 2.24) is 4.90 Å². The van der Waals surface area contributed by atoms with E-state index in [1.54, 1.807) is 0 Å². The van der Waals surface area contributed by atoms with Gasteiger partial charge in [0.05, 0.1) is 0 Å². The maximum atomic E-state index is 5.68. The molecule has 0 aromatic carbocycles. The van der Waals surface area contributed by atoms with Crippen LogP contribution in [0.15, 0.2) is 0 Å². The molecule has 0 bridgehead atoms. The lowest BCUT2D eigenvalue weighted by Gasteiger charge is -2.26. The van der Waals surface area contributed by atoms with Crippen LogP contribution in [0.1, 0.15) is 28.1 Å². The van der Waals surface area contributed by atoms with Gasteiger partial charge >= 0.3 is 0 Å². The summed E-state index contributed by atoms with van der Waals surface area (Å²) in [6, 6.07) is 0.439. The van der Waals surface area contributed by atoms with Crippen molar-refractivity contribution in [3.8, 4) is 0 Å². The van der Waals surface area contributed by atoms with Gasteiger partial charge in [-0.3, -0.25) is 0 Å². The summed E-state index contributed by atoms with van der Waals surface area (Å²) in [5.41, 5.74) is 5.68. The molecule has 1 unspecified atom stereocenters. The smallest absolute Gasteiger partial charge is 0.0168 e. The van der Waals surface area contributed by atoms with Crippen LogP contribution in [0, 0.1) is 0 Å². The van der Waals surface area contributed by atoms with E-state index in [4.69, 9.17) is 5.73 Å². The summed E-state index contributed by atoms with van der Waals surface area (Å²) in [5.74, 6) is 0.